The third-order valence-electron chi connectivity index (χ3n) is 2.49. The van der Waals surface area contributed by atoms with Crippen LogP contribution in [0, 0.1) is 5.82 Å². The smallest absolute Gasteiger partial charge is 0.181 e. The average Bonchev–Trinajstić information content (AvgIpc) is 2.98. The number of oxazole rings is 1. The van der Waals surface area contributed by atoms with E-state index >= 15 is 0 Å². The summed E-state index contributed by atoms with van der Waals surface area (Å²) in [5.41, 5.74) is 1.09. The van der Waals surface area contributed by atoms with Crippen molar-refractivity contribution in [3.05, 3.63) is 36.4 Å². The molecule has 0 amide bonds. The molecule has 1 N–H and O–H groups in total. The van der Waals surface area contributed by atoms with Crippen LogP contribution in [0.1, 0.15) is 10.4 Å². The molecule has 0 aliphatic heterocycles. The van der Waals surface area contributed by atoms with Crippen molar-refractivity contribution in [2.24, 2.45) is 0 Å². The summed E-state index contributed by atoms with van der Waals surface area (Å²) < 4.78 is 18.7. The van der Waals surface area contributed by atoms with E-state index in [1.807, 2.05) is 0 Å². The van der Waals surface area contributed by atoms with Crippen LogP contribution in [0.15, 0.2) is 29.4 Å². The van der Waals surface area contributed by atoms with Crippen LogP contribution in [-0.4, -0.2) is 21.2 Å². The summed E-state index contributed by atoms with van der Waals surface area (Å²) in [6.45, 7) is 0. The Labute approximate surface area is 94.3 Å². The Morgan fingerprint density at radius 3 is 3.00 bits per heavy atom. The summed E-state index contributed by atoms with van der Waals surface area (Å²) in [6, 6.07) is 0. The number of rotatable bonds is 2. The van der Waals surface area contributed by atoms with Gasteiger partial charge in [-0.3, -0.25) is 4.79 Å². The first-order chi connectivity index (χ1) is 8.31. The molecule has 0 saturated carbocycles. The Bertz CT molecular complexity index is 688. The summed E-state index contributed by atoms with van der Waals surface area (Å²) >= 11 is 0. The van der Waals surface area contributed by atoms with Gasteiger partial charge >= 0.3 is 0 Å². The van der Waals surface area contributed by atoms with Gasteiger partial charge in [0.15, 0.2) is 24.3 Å². The van der Waals surface area contributed by atoms with Crippen molar-refractivity contribution in [2.75, 3.05) is 0 Å². The highest BCUT2D eigenvalue weighted by molar-refractivity contribution is 6.01. The van der Waals surface area contributed by atoms with Crippen molar-refractivity contribution < 1.29 is 13.6 Å². The van der Waals surface area contributed by atoms with Gasteiger partial charge in [-0.1, -0.05) is 0 Å². The Balaban J connectivity index is 2.39. The van der Waals surface area contributed by atoms with Gasteiger partial charge in [-0.25, -0.2) is 14.4 Å². The standard InChI is InChI=1S/C11H6FN3O2/c12-7-2-15-10(8-3-13-5-17-8)11-9(7)6(4-16)1-14-11/h1-5,14H. The van der Waals surface area contributed by atoms with Crippen molar-refractivity contribution >= 4 is 17.2 Å². The van der Waals surface area contributed by atoms with Gasteiger partial charge in [0.25, 0.3) is 0 Å². The van der Waals surface area contributed by atoms with E-state index < -0.39 is 5.82 Å². The fourth-order valence-corrected chi connectivity index (χ4v) is 1.75. The lowest BCUT2D eigenvalue weighted by molar-refractivity contribution is 0.112. The van der Waals surface area contributed by atoms with Crippen LogP contribution in [0.5, 0.6) is 0 Å². The Hall–Kier alpha value is -2.50. The molecule has 84 valence electrons. The summed E-state index contributed by atoms with van der Waals surface area (Å²) in [5, 5.41) is 0.210. The zero-order valence-electron chi connectivity index (χ0n) is 8.48. The lowest BCUT2D eigenvalue weighted by atomic mass is 10.1. The van der Waals surface area contributed by atoms with Crippen molar-refractivity contribution in [2.45, 2.75) is 0 Å². The van der Waals surface area contributed by atoms with Gasteiger partial charge in [-0.2, -0.15) is 0 Å². The Kier molecular flexibility index (Phi) is 2.01. The molecule has 3 heterocycles. The number of aromatic amines is 1. The van der Waals surface area contributed by atoms with Gasteiger partial charge in [-0.15, -0.1) is 0 Å². The van der Waals surface area contributed by atoms with Gasteiger partial charge in [0.1, 0.15) is 5.69 Å². The van der Waals surface area contributed by atoms with Gasteiger partial charge in [-0.05, 0) is 0 Å². The molecule has 0 atom stereocenters. The van der Waals surface area contributed by atoms with Crippen molar-refractivity contribution in [3.8, 4) is 11.5 Å². The summed E-state index contributed by atoms with van der Waals surface area (Å²) in [5.74, 6) is -0.138. The van der Waals surface area contributed by atoms with E-state index in [1.54, 1.807) is 0 Å². The fourth-order valence-electron chi connectivity index (χ4n) is 1.75. The topological polar surface area (TPSA) is 71.8 Å². The van der Waals surface area contributed by atoms with E-state index in [2.05, 4.69) is 15.0 Å². The maximum absolute atomic E-state index is 13.6. The molecule has 0 aromatic carbocycles. The maximum Gasteiger partial charge on any atom is 0.181 e. The van der Waals surface area contributed by atoms with Crippen LogP contribution in [0.4, 0.5) is 4.39 Å². The number of aromatic nitrogens is 3. The number of hydrogen-bond acceptors (Lipinski definition) is 4. The second-order valence-corrected chi connectivity index (χ2v) is 3.43. The fraction of sp³-hybridized carbons (Fsp3) is 0. The molecule has 0 unspecified atom stereocenters. The molecule has 17 heavy (non-hydrogen) atoms. The number of fused-ring (bicyclic) bond motifs is 1. The molecule has 0 saturated heterocycles. The number of aldehydes is 1. The first-order valence-corrected chi connectivity index (χ1v) is 4.81. The van der Waals surface area contributed by atoms with E-state index in [0.717, 1.165) is 6.20 Å². The van der Waals surface area contributed by atoms with Crippen molar-refractivity contribution in [1.82, 2.24) is 15.0 Å². The summed E-state index contributed by atoms with van der Waals surface area (Å²) in [6.07, 6.45) is 5.81. The first kappa shape index (κ1) is 9.71. The second kappa shape index (κ2) is 3.51. The SMILES string of the molecule is O=Cc1c[nH]c2c(-c3cnco3)ncc(F)c12. The highest BCUT2D eigenvalue weighted by atomic mass is 19.1. The van der Waals surface area contributed by atoms with E-state index in [-0.39, 0.29) is 10.9 Å². The molecule has 0 radical (unpaired) electrons. The zero-order chi connectivity index (χ0) is 11.8. The summed E-state index contributed by atoms with van der Waals surface area (Å²) in [4.78, 5) is 21.3. The second-order valence-electron chi connectivity index (χ2n) is 3.43. The molecule has 0 spiro atoms. The van der Waals surface area contributed by atoms with Gasteiger partial charge < -0.3 is 9.40 Å². The minimum atomic E-state index is -0.549. The monoisotopic (exact) mass is 231 g/mol. The molecule has 6 heteroatoms. The maximum atomic E-state index is 13.6. The molecular formula is C11H6FN3O2. The number of carbonyl (C=O) groups excluding carboxylic acids is 1. The third-order valence-corrected chi connectivity index (χ3v) is 2.49. The Morgan fingerprint density at radius 1 is 1.41 bits per heavy atom. The molecule has 3 aromatic heterocycles. The van der Waals surface area contributed by atoms with Crippen LogP contribution in [0.2, 0.25) is 0 Å². The number of carbonyl (C=O) groups is 1. The number of nitrogens with zero attached hydrogens (tertiary/aromatic N) is 2. The van der Waals surface area contributed by atoms with Gasteiger partial charge in [0.05, 0.1) is 17.9 Å². The molecule has 0 bridgehead atoms. The molecule has 0 aliphatic rings. The number of pyridine rings is 1. The highest BCUT2D eigenvalue weighted by Crippen LogP contribution is 2.28. The predicted molar refractivity (Wildman–Crippen MR) is 56.9 cm³/mol. The number of halogens is 1. The number of hydrogen-bond donors (Lipinski definition) is 1. The van der Waals surface area contributed by atoms with E-state index in [1.165, 1.54) is 18.8 Å². The predicted octanol–water partition coefficient (Wildman–Crippen LogP) is 2.17. The van der Waals surface area contributed by atoms with E-state index in [9.17, 15) is 9.18 Å². The van der Waals surface area contributed by atoms with Crippen LogP contribution < -0.4 is 0 Å². The molecule has 5 nitrogen and oxygen atoms in total. The third kappa shape index (κ3) is 1.34. The lowest BCUT2D eigenvalue weighted by Crippen LogP contribution is -1.88. The number of nitrogens with one attached hydrogen (secondary N) is 1. The molecular weight excluding hydrogens is 225 g/mol. The first-order valence-electron chi connectivity index (χ1n) is 4.81. The lowest BCUT2D eigenvalue weighted by Gasteiger charge is -1.99. The molecule has 3 rings (SSSR count). The van der Waals surface area contributed by atoms with E-state index in [0.29, 0.717) is 23.3 Å². The Morgan fingerprint density at radius 2 is 2.29 bits per heavy atom. The van der Waals surface area contributed by atoms with Crippen LogP contribution >= 0.6 is 0 Å². The van der Waals surface area contributed by atoms with Crippen LogP contribution in [0.25, 0.3) is 22.4 Å². The van der Waals surface area contributed by atoms with Gasteiger partial charge in [0.2, 0.25) is 0 Å². The van der Waals surface area contributed by atoms with Crippen LogP contribution in [-0.2, 0) is 0 Å². The zero-order valence-corrected chi connectivity index (χ0v) is 8.48. The molecule has 0 fully saturated rings. The minimum absolute atomic E-state index is 0.210. The minimum Gasteiger partial charge on any atom is -0.442 e. The average molecular weight is 231 g/mol. The highest BCUT2D eigenvalue weighted by Gasteiger charge is 2.16. The van der Waals surface area contributed by atoms with E-state index in [4.69, 9.17) is 4.42 Å². The van der Waals surface area contributed by atoms with Crippen LogP contribution in [0.3, 0.4) is 0 Å². The molecule has 3 aromatic rings. The quantitative estimate of drug-likeness (QED) is 0.686. The molecule has 0 aliphatic carbocycles. The normalized spacial score (nSPS) is 10.9. The largest absolute Gasteiger partial charge is 0.442 e. The number of H-pyrrole nitrogens is 1. The summed E-state index contributed by atoms with van der Waals surface area (Å²) in [7, 11) is 0. The van der Waals surface area contributed by atoms with Crippen molar-refractivity contribution in [1.29, 1.82) is 0 Å². The van der Waals surface area contributed by atoms with Gasteiger partial charge in [0, 0.05) is 17.1 Å². The van der Waals surface area contributed by atoms with Crippen molar-refractivity contribution in [3.63, 3.8) is 0 Å².